The number of aromatic nitrogens is 4. The lowest BCUT2D eigenvalue weighted by molar-refractivity contribution is -0.140. The minimum Gasteiger partial charge on any atom is -0.481 e. The highest BCUT2D eigenvalue weighted by Gasteiger charge is 2.48. The summed E-state index contributed by atoms with van der Waals surface area (Å²) < 4.78 is 56.3. The van der Waals surface area contributed by atoms with Crippen molar-refractivity contribution in [2.24, 2.45) is 5.92 Å². The second kappa shape index (κ2) is 15.6. The van der Waals surface area contributed by atoms with Crippen LogP contribution in [0.15, 0.2) is 65.6 Å². The van der Waals surface area contributed by atoms with E-state index in [1.54, 1.807) is 39.8 Å². The number of allylic oxidation sites excluding steroid dienone is 2. The van der Waals surface area contributed by atoms with Crippen molar-refractivity contribution in [3.05, 3.63) is 89.0 Å². The minimum atomic E-state index is -4.35. The Bertz CT molecular complexity index is 2060. The summed E-state index contributed by atoms with van der Waals surface area (Å²) in [6.07, 6.45) is 5.35. The Morgan fingerprint density at radius 3 is 1.74 bits per heavy atom. The molecule has 2 aromatic heterocycles. The standard InChI is InChI=1S/C15H18N4O5S.C15H16N4O5S/c1-9-8-10(2)17-13(16-9)18-14(22)19-25(23,24)15(3)7-5-4-6-11(15)12(20)21;1-9-8-10(2)17-14(16-9)18-15(21)19-25(22,23)12-7-5-4-6-11(12)13(20)24-3/h4-8,11H,1-3H3,(H,20,21)(H2,16,17,18,19,22);4-8H,1-3H3,(H2,16,17,18,19,21). The number of anilines is 2. The molecule has 2 heterocycles. The Hall–Kier alpha value is -5.76. The third-order valence-corrected chi connectivity index (χ3v) is 10.1. The molecular formula is C30H34N8O10S2. The van der Waals surface area contributed by atoms with Gasteiger partial charge in [0, 0.05) is 22.8 Å². The van der Waals surface area contributed by atoms with Crippen LogP contribution in [0, 0.1) is 33.6 Å². The average Bonchev–Trinajstić information content (AvgIpc) is 2.99. The quantitative estimate of drug-likeness (QED) is 0.209. The van der Waals surface area contributed by atoms with Crippen molar-refractivity contribution in [3.63, 3.8) is 0 Å². The highest BCUT2D eigenvalue weighted by atomic mass is 32.2. The molecule has 2 atom stereocenters. The van der Waals surface area contributed by atoms with Gasteiger partial charge in [-0.2, -0.15) is 0 Å². The van der Waals surface area contributed by atoms with Crippen LogP contribution in [0.1, 0.15) is 40.1 Å². The lowest BCUT2D eigenvalue weighted by atomic mass is 9.89. The summed E-state index contributed by atoms with van der Waals surface area (Å²) in [7, 11) is -7.53. The van der Waals surface area contributed by atoms with Crippen LogP contribution in [0.2, 0.25) is 0 Å². The Labute approximate surface area is 287 Å². The number of benzene rings is 1. The summed E-state index contributed by atoms with van der Waals surface area (Å²) in [5.74, 6) is -3.57. The van der Waals surface area contributed by atoms with E-state index in [1.807, 2.05) is 9.44 Å². The average molecular weight is 731 g/mol. The molecule has 2 unspecified atom stereocenters. The number of hydrogen-bond donors (Lipinski definition) is 5. The number of methoxy groups -OCH3 is 1. The van der Waals surface area contributed by atoms with E-state index < -0.39 is 54.7 Å². The molecule has 0 bridgehead atoms. The number of urea groups is 2. The largest absolute Gasteiger partial charge is 0.481 e. The topological polar surface area (TPSA) is 266 Å². The van der Waals surface area contributed by atoms with E-state index in [4.69, 9.17) is 0 Å². The maximum absolute atomic E-state index is 12.6. The van der Waals surface area contributed by atoms with E-state index in [2.05, 4.69) is 35.3 Å². The zero-order valence-electron chi connectivity index (χ0n) is 27.6. The maximum atomic E-state index is 12.6. The van der Waals surface area contributed by atoms with Gasteiger partial charge in [-0.1, -0.05) is 36.4 Å². The SMILES string of the molecule is COC(=O)c1ccccc1S(=O)(=O)NC(=O)Nc1nc(C)cc(C)n1.Cc1cc(C)nc(NC(=O)NS(=O)(=O)C2(C)C=CC=CC2C(=O)O)n1. The first-order valence-electron chi connectivity index (χ1n) is 14.4. The molecule has 0 fully saturated rings. The highest BCUT2D eigenvalue weighted by Crippen LogP contribution is 2.32. The number of hydrogen-bond acceptors (Lipinski definition) is 13. The van der Waals surface area contributed by atoms with E-state index in [1.165, 1.54) is 55.5 Å². The van der Waals surface area contributed by atoms with Crippen molar-refractivity contribution >= 4 is 55.9 Å². The third kappa shape index (κ3) is 9.66. The Morgan fingerprint density at radius 1 is 0.780 bits per heavy atom. The van der Waals surface area contributed by atoms with Crippen molar-refractivity contribution in [3.8, 4) is 0 Å². The number of amides is 4. The number of carbonyl (C=O) groups excluding carboxylic acids is 3. The van der Waals surface area contributed by atoms with Crippen LogP contribution in [0.5, 0.6) is 0 Å². The number of aliphatic carboxylic acids is 1. The van der Waals surface area contributed by atoms with Crippen molar-refractivity contribution in [1.29, 1.82) is 0 Å². The molecule has 1 aromatic carbocycles. The molecule has 4 rings (SSSR count). The summed E-state index contributed by atoms with van der Waals surface area (Å²) >= 11 is 0. The fourth-order valence-electron chi connectivity index (χ4n) is 4.51. The Balaban J connectivity index is 0.000000270. The zero-order chi connectivity index (χ0) is 37.4. The van der Waals surface area contributed by atoms with Gasteiger partial charge in [0.25, 0.3) is 10.0 Å². The highest BCUT2D eigenvalue weighted by molar-refractivity contribution is 7.91. The maximum Gasteiger partial charge on any atom is 0.339 e. The molecule has 0 spiro atoms. The molecule has 3 aromatic rings. The van der Waals surface area contributed by atoms with Crippen LogP contribution in [-0.2, 0) is 29.6 Å². The number of rotatable bonds is 8. The minimum absolute atomic E-state index is 0.0357. The van der Waals surface area contributed by atoms with E-state index in [9.17, 15) is 41.1 Å². The van der Waals surface area contributed by atoms with Crippen molar-refractivity contribution < 1.29 is 45.9 Å². The predicted molar refractivity (Wildman–Crippen MR) is 179 cm³/mol. The first-order valence-corrected chi connectivity index (χ1v) is 17.3. The fourth-order valence-corrected chi connectivity index (χ4v) is 6.90. The molecule has 4 amide bonds. The van der Waals surface area contributed by atoms with Crippen LogP contribution >= 0.6 is 0 Å². The summed E-state index contributed by atoms with van der Waals surface area (Å²) in [4.78, 5) is 62.6. The smallest absolute Gasteiger partial charge is 0.339 e. The predicted octanol–water partition coefficient (Wildman–Crippen LogP) is 2.52. The van der Waals surface area contributed by atoms with Crippen molar-refractivity contribution in [2.45, 2.75) is 44.3 Å². The van der Waals surface area contributed by atoms with Crippen molar-refractivity contribution in [2.75, 3.05) is 17.7 Å². The van der Waals surface area contributed by atoms with Crippen molar-refractivity contribution in [1.82, 2.24) is 29.4 Å². The number of aryl methyl sites for hydroxylation is 4. The number of carboxylic acid groups (broad SMARTS) is 1. The first kappa shape index (κ1) is 38.7. The number of esters is 1. The number of ether oxygens (including phenoxy) is 1. The molecule has 1 aliphatic carbocycles. The Morgan fingerprint density at radius 2 is 1.26 bits per heavy atom. The Kier molecular flexibility index (Phi) is 12.1. The number of carboxylic acids is 1. The first-order chi connectivity index (χ1) is 23.3. The molecule has 0 radical (unpaired) electrons. The van der Waals surface area contributed by atoms with Crippen LogP contribution < -0.4 is 20.1 Å². The molecule has 18 nitrogen and oxygen atoms in total. The molecule has 50 heavy (non-hydrogen) atoms. The van der Waals surface area contributed by atoms with Gasteiger partial charge < -0.3 is 9.84 Å². The molecule has 0 saturated heterocycles. The van der Waals surface area contributed by atoms with Gasteiger partial charge in [0.05, 0.1) is 18.6 Å². The van der Waals surface area contributed by atoms with Gasteiger partial charge in [-0.15, -0.1) is 0 Å². The third-order valence-electron chi connectivity index (χ3n) is 6.76. The van der Waals surface area contributed by atoms with Gasteiger partial charge in [0.1, 0.15) is 9.64 Å². The summed E-state index contributed by atoms with van der Waals surface area (Å²) in [6, 6.07) is 6.65. The lowest BCUT2D eigenvalue weighted by Gasteiger charge is -2.31. The van der Waals surface area contributed by atoms with Gasteiger partial charge in [-0.3, -0.25) is 15.4 Å². The van der Waals surface area contributed by atoms with Crippen LogP contribution in [0.4, 0.5) is 21.5 Å². The van der Waals surface area contributed by atoms with E-state index in [0.29, 0.717) is 22.8 Å². The van der Waals surface area contributed by atoms with Gasteiger partial charge in [0.2, 0.25) is 21.9 Å². The normalized spacial score (nSPS) is 16.6. The summed E-state index contributed by atoms with van der Waals surface area (Å²) in [5.41, 5.74) is 2.24. The van der Waals surface area contributed by atoms with E-state index in [0.717, 1.165) is 7.11 Å². The van der Waals surface area contributed by atoms with Crippen LogP contribution in [-0.4, -0.2) is 77.7 Å². The number of nitrogens with one attached hydrogen (secondary N) is 4. The fraction of sp³-hybridized carbons (Fsp3) is 0.267. The molecule has 1 aliphatic rings. The van der Waals surface area contributed by atoms with Crippen LogP contribution in [0.25, 0.3) is 0 Å². The van der Waals surface area contributed by atoms with Gasteiger partial charge >= 0.3 is 24.0 Å². The van der Waals surface area contributed by atoms with Gasteiger partial charge in [-0.25, -0.2) is 60.6 Å². The molecule has 0 saturated carbocycles. The number of nitrogens with zero attached hydrogens (tertiary/aromatic N) is 4. The molecular weight excluding hydrogens is 697 g/mol. The second-order valence-corrected chi connectivity index (χ2v) is 14.5. The molecule has 5 N–H and O–H groups in total. The number of sulfonamides is 2. The zero-order valence-corrected chi connectivity index (χ0v) is 29.2. The van der Waals surface area contributed by atoms with Gasteiger partial charge in [0.15, 0.2) is 0 Å². The molecule has 0 aliphatic heterocycles. The van der Waals surface area contributed by atoms with Crippen LogP contribution in [0.3, 0.4) is 0 Å². The second-order valence-electron chi connectivity index (χ2n) is 10.8. The lowest BCUT2D eigenvalue weighted by Crippen LogP contribution is -2.52. The summed E-state index contributed by atoms with van der Waals surface area (Å²) in [6.45, 7) is 8.05. The summed E-state index contributed by atoms with van der Waals surface area (Å²) in [5, 5.41) is 13.8. The number of carbonyl (C=O) groups is 4. The van der Waals surface area contributed by atoms with E-state index in [-0.39, 0.29) is 22.4 Å². The van der Waals surface area contributed by atoms with E-state index >= 15 is 0 Å². The van der Waals surface area contributed by atoms with Gasteiger partial charge in [-0.05, 0) is 58.9 Å². The monoisotopic (exact) mass is 730 g/mol. The molecule has 20 heteroatoms. The molecule has 266 valence electrons.